The second-order valence-electron chi connectivity index (χ2n) is 6.42. The van der Waals surface area contributed by atoms with Crippen molar-refractivity contribution in [3.63, 3.8) is 0 Å². The molecule has 1 aliphatic heterocycles. The second-order valence-corrected chi connectivity index (χ2v) is 6.42. The summed E-state index contributed by atoms with van der Waals surface area (Å²) in [5.74, 6) is 0.430. The lowest BCUT2D eigenvalue weighted by atomic mass is 10.1. The minimum Gasteiger partial charge on any atom is -0.372 e. The summed E-state index contributed by atoms with van der Waals surface area (Å²) >= 11 is 0. The van der Waals surface area contributed by atoms with Gasteiger partial charge in [0, 0.05) is 30.9 Å². The molecule has 0 bridgehead atoms. The van der Waals surface area contributed by atoms with Crippen molar-refractivity contribution in [2.75, 3.05) is 24.5 Å². The van der Waals surface area contributed by atoms with Crippen LogP contribution in [0.25, 0.3) is 0 Å². The standard InChI is InChI=1S/C17H27FN2O/c1-12(2)8-19-9-15-16(18)6-5-7-17(15)20-10-13(3)21-14(4)11-20/h5-7,12-14,19H,8-11H2,1-4H3. The van der Waals surface area contributed by atoms with Crippen LogP contribution in [0.3, 0.4) is 0 Å². The molecule has 118 valence electrons. The summed E-state index contributed by atoms with van der Waals surface area (Å²) < 4.78 is 20.0. The van der Waals surface area contributed by atoms with Gasteiger partial charge in [-0.15, -0.1) is 0 Å². The van der Waals surface area contributed by atoms with Gasteiger partial charge in [-0.05, 0) is 38.4 Å². The van der Waals surface area contributed by atoms with Crippen molar-refractivity contribution in [1.82, 2.24) is 5.32 Å². The number of nitrogens with one attached hydrogen (secondary N) is 1. The van der Waals surface area contributed by atoms with Gasteiger partial charge >= 0.3 is 0 Å². The predicted octanol–water partition coefficient (Wildman–Crippen LogP) is 3.18. The molecule has 2 rings (SSSR count). The highest BCUT2D eigenvalue weighted by Gasteiger charge is 2.24. The van der Waals surface area contributed by atoms with Crippen LogP contribution in [-0.4, -0.2) is 31.8 Å². The molecule has 1 heterocycles. The molecular formula is C17H27FN2O. The molecule has 2 unspecified atom stereocenters. The lowest BCUT2D eigenvalue weighted by Gasteiger charge is -2.38. The molecule has 1 fully saturated rings. The molecule has 1 N–H and O–H groups in total. The van der Waals surface area contributed by atoms with Gasteiger partial charge in [0.1, 0.15) is 5.82 Å². The highest BCUT2D eigenvalue weighted by molar-refractivity contribution is 5.54. The maximum absolute atomic E-state index is 14.2. The van der Waals surface area contributed by atoms with Crippen molar-refractivity contribution in [3.05, 3.63) is 29.6 Å². The molecule has 0 saturated carbocycles. The third kappa shape index (κ3) is 4.42. The van der Waals surface area contributed by atoms with Gasteiger partial charge in [-0.3, -0.25) is 0 Å². The average Bonchev–Trinajstić information content (AvgIpc) is 2.39. The van der Waals surface area contributed by atoms with E-state index in [0.29, 0.717) is 12.5 Å². The van der Waals surface area contributed by atoms with E-state index >= 15 is 0 Å². The van der Waals surface area contributed by atoms with E-state index in [1.54, 1.807) is 12.1 Å². The molecule has 0 aromatic heterocycles. The molecule has 0 radical (unpaired) electrons. The van der Waals surface area contributed by atoms with Crippen LogP contribution in [-0.2, 0) is 11.3 Å². The van der Waals surface area contributed by atoms with Gasteiger partial charge in [0.15, 0.2) is 0 Å². The summed E-state index contributed by atoms with van der Waals surface area (Å²) in [6.45, 7) is 11.5. The Morgan fingerprint density at radius 3 is 2.57 bits per heavy atom. The van der Waals surface area contributed by atoms with Gasteiger partial charge in [-0.25, -0.2) is 4.39 Å². The monoisotopic (exact) mass is 294 g/mol. The Labute approximate surface area is 127 Å². The summed E-state index contributed by atoms with van der Waals surface area (Å²) in [5.41, 5.74) is 1.76. The van der Waals surface area contributed by atoms with Crippen molar-refractivity contribution in [3.8, 4) is 0 Å². The summed E-state index contributed by atoms with van der Waals surface area (Å²) in [5, 5.41) is 3.35. The average molecular weight is 294 g/mol. The lowest BCUT2D eigenvalue weighted by molar-refractivity contribution is -0.00528. The Kier molecular flexibility index (Phi) is 5.59. The molecular weight excluding hydrogens is 267 g/mol. The zero-order valence-electron chi connectivity index (χ0n) is 13.5. The molecule has 21 heavy (non-hydrogen) atoms. The quantitative estimate of drug-likeness (QED) is 0.902. The lowest BCUT2D eigenvalue weighted by Crippen LogP contribution is -2.46. The Hall–Kier alpha value is -1.13. The maximum atomic E-state index is 14.2. The predicted molar refractivity (Wildman–Crippen MR) is 85.2 cm³/mol. The maximum Gasteiger partial charge on any atom is 0.129 e. The minimum absolute atomic E-state index is 0.129. The number of rotatable bonds is 5. The zero-order valence-corrected chi connectivity index (χ0v) is 13.5. The van der Waals surface area contributed by atoms with Crippen LogP contribution in [0.1, 0.15) is 33.3 Å². The van der Waals surface area contributed by atoms with E-state index in [0.717, 1.165) is 30.9 Å². The van der Waals surface area contributed by atoms with E-state index in [-0.39, 0.29) is 18.0 Å². The van der Waals surface area contributed by atoms with Crippen molar-refractivity contribution in [1.29, 1.82) is 0 Å². The fourth-order valence-corrected chi connectivity index (χ4v) is 2.88. The van der Waals surface area contributed by atoms with E-state index in [4.69, 9.17) is 4.74 Å². The van der Waals surface area contributed by atoms with Crippen LogP contribution in [0.5, 0.6) is 0 Å². The number of hydrogen-bond donors (Lipinski definition) is 1. The van der Waals surface area contributed by atoms with Crippen molar-refractivity contribution >= 4 is 5.69 Å². The van der Waals surface area contributed by atoms with Crippen LogP contribution >= 0.6 is 0 Å². The SMILES string of the molecule is CC(C)CNCc1c(F)cccc1N1CC(C)OC(C)C1. The molecule has 1 aliphatic rings. The highest BCUT2D eigenvalue weighted by Crippen LogP contribution is 2.26. The van der Waals surface area contributed by atoms with E-state index in [2.05, 4.69) is 37.9 Å². The molecule has 1 aromatic rings. The Bertz CT molecular complexity index is 454. The van der Waals surface area contributed by atoms with Gasteiger partial charge in [-0.2, -0.15) is 0 Å². The van der Waals surface area contributed by atoms with Crippen molar-refractivity contribution in [2.24, 2.45) is 5.92 Å². The van der Waals surface area contributed by atoms with Gasteiger partial charge in [-0.1, -0.05) is 19.9 Å². The first-order valence-electron chi connectivity index (χ1n) is 7.86. The molecule has 3 nitrogen and oxygen atoms in total. The molecule has 4 heteroatoms. The molecule has 1 aromatic carbocycles. The van der Waals surface area contributed by atoms with E-state index < -0.39 is 0 Å². The summed E-state index contributed by atoms with van der Waals surface area (Å²) in [6, 6.07) is 5.35. The first-order chi connectivity index (χ1) is 9.97. The molecule has 1 saturated heterocycles. The third-order valence-electron chi connectivity index (χ3n) is 3.71. The number of halogens is 1. The molecule has 2 atom stereocenters. The number of benzene rings is 1. The third-order valence-corrected chi connectivity index (χ3v) is 3.71. The van der Waals surface area contributed by atoms with Crippen LogP contribution < -0.4 is 10.2 Å². The minimum atomic E-state index is -0.129. The van der Waals surface area contributed by atoms with Gasteiger partial charge < -0.3 is 15.0 Å². The van der Waals surface area contributed by atoms with Crippen LogP contribution in [0, 0.1) is 11.7 Å². The summed E-state index contributed by atoms with van der Waals surface area (Å²) in [7, 11) is 0. The van der Waals surface area contributed by atoms with E-state index in [1.807, 2.05) is 6.07 Å². The summed E-state index contributed by atoms with van der Waals surface area (Å²) in [6.07, 6.45) is 0.349. The smallest absolute Gasteiger partial charge is 0.129 e. The van der Waals surface area contributed by atoms with Gasteiger partial charge in [0.2, 0.25) is 0 Å². The zero-order chi connectivity index (χ0) is 15.4. The van der Waals surface area contributed by atoms with E-state index in [9.17, 15) is 4.39 Å². The van der Waals surface area contributed by atoms with Crippen LogP contribution in [0.2, 0.25) is 0 Å². The van der Waals surface area contributed by atoms with Crippen molar-refractivity contribution < 1.29 is 9.13 Å². The fraction of sp³-hybridized carbons (Fsp3) is 0.647. The fourth-order valence-electron chi connectivity index (χ4n) is 2.88. The topological polar surface area (TPSA) is 24.5 Å². The highest BCUT2D eigenvalue weighted by atomic mass is 19.1. The number of nitrogens with zero attached hydrogens (tertiary/aromatic N) is 1. The Morgan fingerprint density at radius 1 is 1.29 bits per heavy atom. The first kappa shape index (κ1) is 16.2. The molecule has 0 aliphatic carbocycles. The van der Waals surface area contributed by atoms with Crippen molar-refractivity contribution in [2.45, 2.75) is 46.4 Å². The molecule has 0 amide bonds. The first-order valence-corrected chi connectivity index (χ1v) is 7.86. The Morgan fingerprint density at radius 2 is 1.95 bits per heavy atom. The van der Waals surface area contributed by atoms with Gasteiger partial charge in [0.25, 0.3) is 0 Å². The number of anilines is 1. The number of hydrogen-bond acceptors (Lipinski definition) is 3. The Balaban J connectivity index is 2.16. The van der Waals surface area contributed by atoms with Crippen LogP contribution in [0.4, 0.5) is 10.1 Å². The van der Waals surface area contributed by atoms with Gasteiger partial charge in [0.05, 0.1) is 12.2 Å². The van der Waals surface area contributed by atoms with E-state index in [1.165, 1.54) is 0 Å². The number of ether oxygens (including phenoxy) is 1. The normalized spacial score (nSPS) is 22.9. The second kappa shape index (κ2) is 7.23. The largest absolute Gasteiger partial charge is 0.372 e. The molecule has 0 spiro atoms. The van der Waals surface area contributed by atoms with Crippen LogP contribution in [0.15, 0.2) is 18.2 Å². The summed E-state index contributed by atoms with van der Waals surface area (Å²) in [4.78, 5) is 2.24. The number of morpholine rings is 1.